The highest BCUT2D eigenvalue weighted by Crippen LogP contribution is 2.69. The van der Waals surface area contributed by atoms with Gasteiger partial charge in [0, 0.05) is 26.1 Å². The van der Waals surface area contributed by atoms with Crippen LogP contribution in [0, 0.1) is 40.4 Å². The van der Waals surface area contributed by atoms with E-state index >= 15 is 0 Å². The fourth-order valence-corrected chi connectivity index (χ4v) is 10.1. The van der Waals surface area contributed by atoms with Gasteiger partial charge in [0.05, 0.1) is 36.6 Å². The molecule has 0 spiro atoms. The molecule has 1 unspecified atom stereocenters. The van der Waals surface area contributed by atoms with Crippen LogP contribution in [0.5, 0.6) is 0 Å². The number of hydrogen-bond donors (Lipinski definition) is 7. The van der Waals surface area contributed by atoms with E-state index in [0.717, 1.165) is 12.0 Å². The van der Waals surface area contributed by atoms with Crippen molar-refractivity contribution in [2.45, 2.75) is 121 Å². The van der Waals surface area contributed by atoms with Gasteiger partial charge in [-0.25, -0.2) is 0 Å². The molecule has 1 heterocycles. The van der Waals surface area contributed by atoms with E-state index in [1.807, 2.05) is 13.0 Å². The number of ether oxygens (including phenoxy) is 3. The second-order valence-corrected chi connectivity index (χ2v) is 14.7. The molecule has 10 nitrogen and oxygen atoms in total. The number of allylic oxidation sites excluding steroid dienone is 2. The third-order valence-corrected chi connectivity index (χ3v) is 12.2. The van der Waals surface area contributed by atoms with Crippen molar-refractivity contribution in [1.29, 1.82) is 0 Å². The maximum Gasteiger partial charge on any atom is 0.187 e. The van der Waals surface area contributed by atoms with Crippen LogP contribution in [0.25, 0.3) is 0 Å². The van der Waals surface area contributed by atoms with Crippen molar-refractivity contribution in [3.8, 4) is 0 Å². The van der Waals surface area contributed by atoms with Gasteiger partial charge in [-0.3, -0.25) is 0 Å². The highest BCUT2D eigenvalue weighted by Gasteiger charge is 2.72. The molecule has 5 aliphatic rings. The normalized spacial score (nSPS) is 51.3. The van der Waals surface area contributed by atoms with Crippen LogP contribution in [-0.2, 0) is 14.2 Å². The molecule has 1 aliphatic heterocycles. The zero-order valence-corrected chi connectivity index (χ0v) is 26.2. The van der Waals surface area contributed by atoms with Crippen LogP contribution in [-0.4, -0.2) is 111 Å². The van der Waals surface area contributed by atoms with E-state index in [2.05, 4.69) is 32.9 Å². The first kappa shape index (κ1) is 33.4. The van der Waals surface area contributed by atoms with Crippen molar-refractivity contribution >= 4 is 0 Å². The molecule has 4 aliphatic carbocycles. The molecule has 0 aromatic carbocycles. The molecule has 0 aromatic heterocycles. The van der Waals surface area contributed by atoms with E-state index in [1.54, 1.807) is 0 Å². The zero-order valence-electron chi connectivity index (χ0n) is 26.2. The second-order valence-electron chi connectivity index (χ2n) is 14.7. The Morgan fingerprint density at radius 1 is 1.02 bits per heavy atom. The van der Waals surface area contributed by atoms with Crippen molar-refractivity contribution in [1.82, 2.24) is 0 Å². The molecule has 0 amide bonds. The van der Waals surface area contributed by atoms with Gasteiger partial charge in [-0.05, 0) is 72.2 Å². The zero-order chi connectivity index (χ0) is 31.5. The first-order valence-corrected chi connectivity index (χ1v) is 16.2. The minimum atomic E-state index is -1.37. The molecule has 4 fully saturated rings. The predicted octanol–water partition coefficient (Wildman–Crippen LogP) is 1.28. The number of rotatable bonds is 8. The van der Waals surface area contributed by atoms with Crippen molar-refractivity contribution in [3.05, 3.63) is 23.8 Å². The average molecular weight is 611 g/mol. The lowest BCUT2D eigenvalue weighted by molar-refractivity contribution is -0.285. The molecule has 3 saturated carbocycles. The molecule has 0 bridgehead atoms. The Kier molecular flexibility index (Phi) is 9.61. The Morgan fingerprint density at radius 3 is 2.42 bits per heavy atom. The van der Waals surface area contributed by atoms with Gasteiger partial charge in [0.25, 0.3) is 0 Å². The molecule has 5 rings (SSSR count). The molecule has 246 valence electrons. The highest BCUT2D eigenvalue weighted by atomic mass is 16.7. The van der Waals surface area contributed by atoms with Gasteiger partial charge >= 0.3 is 0 Å². The van der Waals surface area contributed by atoms with Crippen molar-refractivity contribution in [2.75, 3.05) is 20.3 Å². The van der Waals surface area contributed by atoms with E-state index < -0.39 is 71.4 Å². The van der Waals surface area contributed by atoms with Crippen LogP contribution in [0.2, 0.25) is 0 Å². The number of fused-ring (bicyclic) bond motifs is 5. The van der Waals surface area contributed by atoms with Gasteiger partial charge in [0.1, 0.15) is 18.3 Å². The number of aliphatic hydroxyl groups is 7. The molecule has 0 aromatic rings. The smallest absolute Gasteiger partial charge is 0.187 e. The summed E-state index contributed by atoms with van der Waals surface area (Å²) < 4.78 is 17.2. The van der Waals surface area contributed by atoms with Crippen LogP contribution in [0.1, 0.15) is 66.2 Å². The average Bonchev–Trinajstić information content (AvgIpc) is 3.15. The molecule has 16 atom stereocenters. The van der Waals surface area contributed by atoms with Crippen molar-refractivity contribution < 1.29 is 50.0 Å². The van der Waals surface area contributed by atoms with E-state index in [0.29, 0.717) is 25.7 Å². The van der Waals surface area contributed by atoms with Crippen molar-refractivity contribution in [2.24, 2.45) is 40.4 Å². The Morgan fingerprint density at radius 2 is 1.74 bits per heavy atom. The van der Waals surface area contributed by atoms with Gasteiger partial charge in [-0.15, -0.1) is 0 Å². The van der Waals surface area contributed by atoms with E-state index in [9.17, 15) is 35.7 Å². The van der Waals surface area contributed by atoms with Crippen molar-refractivity contribution in [3.63, 3.8) is 0 Å². The highest BCUT2D eigenvalue weighted by molar-refractivity contribution is 5.33. The predicted molar refractivity (Wildman–Crippen MR) is 157 cm³/mol. The van der Waals surface area contributed by atoms with Gasteiger partial charge in [0.2, 0.25) is 0 Å². The maximum absolute atomic E-state index is 12.6. The third-order valence-electron chi connectivity index (χ3n) is 12.2. The molecule has 43 heavy (non-hydrogen) atoms. The maximum atomic E-state index is 12.6. The number of aliphatic hydroxyl groups excluding tert-OH is 6. The van der Waals surface area contributed by atoms with Crippen LogP contribution in [0.15, 0.2) is 23.8 Å². The summed E-state index contributed by atoms with van der Waals surface area (Å²) in [7, 11) is 1.43. The van der Waals surface area contributed by atoms with Crippen LogP contribution in [0.3, 0.4) is 0 Å². The Bertz CT molecular complexity index is 1050. The Balaban J connectivity index is 1.39. The summed E-state index contributed by atoms with van der Waals surface area (Å²) in [6.45, 7) is 8.31. The van der Waals surface area contributed by atoms with Gasteiger partial charge in [-0.1, -0.05) is 45.9 Å². The van der Waals surface area contributed by atoms with Crippen LogP contribution >= 0.6 is 0 Å². The third kappa shape index (κ3) is 5.47. The van der Waals surface area contributed by atoms with Gasteiger partial charge < -0.3 is 50.0 Å². The lowest BCUT2D eigenvalue weighted by Gasteiger charge is -2.63. The largest absolute Gasteiger partial charge is 0.396 e. The lowest BCUT2D eigenvalue weighted by Crippen LogP contribution is -2.66. The lowest BCUT2D eigenvalue weighted by atomic mass is 9.43. The first-order chi connectivity index (χ1) is 20.2. The number of methoxy groups -OCH3 is 1. The quantitative estimate of drug-likeness (QED) is 0.199. The topological polar surface area (TPSA) is 169 Å². The molecular formula is C33H54O10. The Hall–Kier alpha value is -0.920. The fourth-order valence-electron chi connectivity index (χ4n) is 10.1. The Labute approximate surface area is 255 Å². The summed E-state index contributed by atoms with van der Waals surface area (Å²) in [5.41, 5.74) is -1.63. The minimum Gasteiger partial charge on any atom is -0.396 e. The molecule has 0 radical (unpaired) electrons. The molecule has 7 N–H and O–H groups in total. The van der Waals surface area contributed by atoms with E-state index in [1.165, 1.54) is 7.11 Å². The van der Waals surface area contributed by atoms with Crippen LogP contribution < -0.4 is 0 Å². The summed E-state index contributed by atoms with van der Waals surface area (Å²) in [5.74, 6) is -0.944. The number of hydrogen-bond acceptors (Lipinski definition) is 10. The van der Waals surface area contributed by atoms with Crippen LogP contribution in [0.4, 0.5) is 0 Å². The molecule has 10 heteroatoms. The molecule has 1 saturated heterocycles. The fraction of sp³-hybridized carbons (Fsp3) is 0.879. The van der Waals surface area contributed by atoms with Gasteiger partial charge in [0.15, 0.2) is 6.29 Å². The summed E-state index contributed by atoms with van der Waals surface area (Å²) in [6, 6.07) is 0. The minimum absolute atomic E-state index is 0.0503. The summed E-state index contributed by atoms with van der Waals surface area (Å²) in [5, 5.41) is 76.8. The SMILES string of the molecule is CO[C@H]1[C@H](O[C@@H]2C=C3[C@H](O)C[C@@]4(O)[C@@H]5[C@@H](O)[C@H](O)[C@H]([C@H](C)/C=C/C(C)CCO)[C@@]5(C)CC[C@@H]4[C@@]3(C)CC2)OC[C@@H](O)[C@@H]1O. The molecular weight excluding hydrogens is 556 g/mol. The standard InChI is InChI=1S/C33H54O10/c1-17(10-13-34)6-7-18(2)24-26(38)27(39)29-32(24,4)12-9-23-31(3)11-8-19(14-20(31)21(35)15-33(23,29)40)43-30-28(41-5)25(37)22(36)16-42-30/h6-7,14,17-19,21-30,34-40H,8-13,15-16H2,1-5H3/b7-6+/t17?,18-,19+,21-,22-,23-,24+,25+,26-,27+,28-,29-,30+,31+,32-,33+/m1/s1. The van der Waals surface area contributed by atoms with Gasteiger partial charge in [-0.2, -0.15) is 0 Å². The summed E-state index contributed by atoms with van der Waals surface area (Å²) in [4.78, 5) is 0. The summed E-state index contributed by atoms with van der Waals surface area (Å²) in [6.07, 6.45) is 2.02. The van der Waals surface area contributed by atoms with E-state index in [4.69, 9.17) is 14.2 Å². The summed E-state index contributed by atoms with van der Waals surface area (Å²) >= 11 is 0. The van der Waals surface area contributed by atoms with E-state index in [-0.39, 0.29) is 43.3 Å². The first-order valence-electron chi connectivity index (χ1n) is 16.2. The second kappa shape index (κ2) is 12.4. The monoisotopic (exact) mass is 610 g/mol.